The molecule has 1 aromatic heterocycles. The summed E-state index contributed by atoms with van der Waals surface area (Å²) in [5.74, 6) is -0.794. The van der Waals surface area contributed by atoms with Gasteiger partial charge in [-0.25, -0.2) is 13.8 Å². The molecule has 1 unspecified atom stereocenters. The van der Waals surface area contributed by atoms with Crippen LogP contribution in [0.1, 0.15) is 17.4 Å². The molecule has 9 heteroatoms. The molecule has 0 bridgehead atoms. The first-order valence-corrected chi connectivity index (χ1v) is 9.85. The van der Waals surface area contributed by atoms with Crippen molar-refractivity contribution in [3.63, 3.8) is 0 Å². The maximum absolute atomic E-state index is 13.7. The molecule has 0 radical (unpaired) electrons. The monoisotopic (exact) mass is 434 g/mol. The number of aliphatic hydroxyl groups is 1. The van der Waals surface area contributed by atoms with Crippen LogP contribution in [0.2, 0.25) is 0 Å². The number of methoxy groups -OCH3 is 2. The summed E-state index contributed by atoms with van der Waals surface area (Å²) in [6, 6.07) is 8.31. The van der Waals surface area contributed by atoms with Crippen LogP contribution >= 0.6 is 11.3 Å². The van der Waals surface area contributed by atoms with Crippen molar-refractivity contribution in [3.05, 3.63) is 64.7 Å². The minimum Gasteiger partial charge on any atom is -0.493 e. The fourth-order valence-corrected chi connectivity index (χ4v) is 3.63. The van der Waals surface area contributed by atoms with Gasteiger partial charge in [0.05, 0.1) is 32.4 Å². The number of halogens is 2. The molecule has 2 aromatic carbocycles. The van der Waals surface area contributed by atoms with Gasteiger partial charge in [0.15, 0.2) is 11.5 Å². The molecule has 1 amide bonds. The number of hydrogen-bond acceptors (Lipinski definition) is 6. The van der Waals surface area contributed by atoms with Crippen LogP contribution in [0.15, 0.2) is 41.8 Å². The standard InChI is InChI=1S/C21H20F2N2O4S/c1-28-18-6-3-12(7-19(18)29-2)21-25-14(11-30-21)9-20(27)24-10-17(26)15-5-4-13(22)8-16(15)23/h3-8,11,17,26H,9-10H2,1-2H3,(H,24,27). The number of carbonyl (C=O) groups is 1. The SMILES string of the molecule is COc1ccc(-c2nc(CC(=O)NCC(O)c3ccc(F)cc3F)cs2)cc1OC. The number of nitrogens with zero attached hydrogens (tertiary/aromatic N) is 1. The quantitative estimate of drug-likeness (QED) is 0.567. The highest BCUT2D eigenvalue weighted by atomic mass is 32.1. The van der Waals surface area contributed by atoms with Gasteiger partial charge in [0.25, 0.3) is 0 Å². The molecule has 2 N–H and O–H groups in total. The van der Waals surface area contributed by atoms with Crippen molar-refractivity contribution in [2.24, 2.45) is 0 Å². The number of benzene rings is 2. The van der Waals surface area contributed by atoms with Crippen molar-refractivity contribution >= 4 is 17.2 Å². The summed E-state index contributed by atoms with van der Waals surface area (Å²) in [7, 11) is 3.10. The van der Waals surface area contributed by atoms with Gasteiger partial charge in [0.2, 0.25) is 5.91 Å². The van der Waals surface area contributed by atoms with E-state index in [0.717, 1.165) is 17.7 Å². The average Bonchev–Trinajstić information content (AvgIpc) is 3.19. The number of aliphatic hydroxyl groups excluding tert-OH is 1. The normalized spacial score (nSPS) is 11.8. The molecule has 1 heterocycles. The van der Waals surface area contributed by atoms with Gasteiger partial charge < -0.3 is 19.9 Å². The van der Waals surface area contributed by atoms with E-state index in [2.05, 4.69) is 10.3 Å². The molecule has 158 valence electrons. The third-order valence-electron chi connectivity index (χ3n) is 4.34. The van der Waals surface area contributed by atoms with E-state index in [1.165, 1.54) is 11.3 Å². The number of amides is 1. The van der Waals surface area contributed by atoms with Gasteiger partial charge in [-0.15, -0.1) is 11.3 Å². The van der Waals surface area contributed by atoms with Crippen LogP contribution < -0.4 is 14.8 Å². The van der Waals surface area contributed by atoms with Crippen molar-refractivity contribution in [1.82, 2.24) is 10.3 Å². The summed E-state index contributed by atoms with van der Waals surface area (Å²) in [6.07, 6.45) is -1.28. The third-order valence-corrected chi connectivity index (χ3v) is 5.28. The number of thiazole rings is 1. The maximum Gasteiger partial charge on any atom is 0.226 e. The Morgan fingerprint density at radius 2 is 1.93 bits per heavy atom. The van der Waals surface area contributed by atoms with Crippen molar-refractivity contribution in [2.45, 2.75) is 12.5 Å². The number of carbonyl (C=O) groups excluding carboxylic acids is 1. The van der Waals surface area contributed by atoms with Crippen LogP contribution in [-0.2, 0) is 11.2 Å². The fourth-order valence-electron chi connectivity index (χ4n) is 2.81. The Balaban J connectivity index is 1.60. The molecule has 3 rings (SSSR count). The van der Waals surface area contributed by atoms with E-state index in [1.807, 2.05) is 6.07 Å². The minimum absolute atomic E-state index is 0.00239. The zero-order chi connectivity index (χ0) is 21.7. The number of rotatable bonds is 8. The molecular formula is C21H20F2N2O4S. The summed E-state index contributed by atoms with van der Waals surface area (Å²) < 4.78 is 37.2. The van der Waals surface area contributed by atoms with Crippen LogP contribution in [0.3, 0.4) is 0 Å². The minimum atomic E-state index is -1.28. The smallest absolute Gasteiger partial charge is 0.226 e. The number of hydrogen-bond donors (Lipinski definition) is 2. The second-order valence-corrected chi connectivity index (χ2v) is 7.23. The van der Waals surface area contributed by atoms with E-state index in [4.69, 9.17) is 9.47 Å². The van der Waals surface area contributed by atoms with Gasteiger partial charge >= 0.3 is 0 Å². The van der Waals surface area contributed by atoms with Gasteiger partial charge in [-0.2, -0.15) is 0 Å². The lowest BCUT2D eigenvalue weighted by Gasteiger charge is -2.13. The van der Waals surface area contributed by atoms with Crippen molar-refractivity contribution in [2.75, 3.05) is 20.8 Å². The highest BCUT2D eigenvalue weighted by Gasteiger charge is 2.16. The Morgan fingerprint density at radius 3 is 2.63 bits per heavy atom. The van der Waals surface area contributed by atoms with Gasteiger partial charge in [-0.05, 0) is 24.3 Å². The second-order valence-electron chi connectivity index (χ2n) is 6.38. The first-order chi connectivity index (χ1) is 14.4. The summed E-state index contributed by atoms with van der Waals surface area (Å²) >= 11 is 1.38. The fraction of sp³-hybridized carbons (Fsp3) is 0.238. The van der Waals surface area contributed by atoms with E-state index >= 15 is 0 Å². The van der Waals surface area contributed by atoms with Gasteiger partial charge in [0, 0.05) is 29.1 Å². The highest BCUT2D eigenvalue weighted by Crippen LogP contribution is 2.33. The Bertz CT molecular complexity index is 1040. The van der Waals surface area contributed by atoms with Crippen LogP contribution in [0.4, 0.5) is 8.78 Å². The van der Waals surface area contributed by atoms with Gasteiger partial charge in [-0.1, -0.05) is 6.07 Å². The molecule has 0 spiro atoms. The van der Waals surface area contributed by atoms with Crippen LogP contribution in [0.25, 0.3) is 10.6 Å². The first-order valence-electron chi connectivity index (χ1n) is 8.97. The van der Waals surface area contributed by atoms with Crippen molar-refractivity contribution in [3.8, 4) is 22.1 Å². The Morgan fingerprint density at radius 1 is 1.17 bits per heavy atom. The lowest BCUT2D eigenvalue weighted by atomic mass is 10.1. The van der Waals surface area contributed by atoms with E-state index in [-0.39, 0.29) is 24.4 Å². The zero-order valence-electron chi connectivity index (χ0n) is 16.3. The predicted octanol–water partition coefficient (Wildman–Crippen LogP) is 3.50. The Kier molecular flexibility index (Phi) is 6.96. The lowest BCUT2D eigenvalue weighted by molar-refractivity contribution is -0.120. The molecule has 0 saturated heterocycles. The number of aromatic nitrogens is 1. The van der Waals surface area contributed by atoms with Crippen LogP contribution in [0, 0.1) is 11.6 Å². The molecule has 0 saturated carbocycles. The van der Waals surface area contributed by atoms with Crippen molar-refractivity contribution in [1.29, 1.82) is 0 Å². The molecule has 6 nitrogen and oxygen atoms in total. The van der Waals surface area contributed by atoms with Crippen LogP contribution in [0.5, 0.6) is 11.5 Å². The largest absolute Gasteiger partial charge is 0.493 e. The van der Waals surface area contributed by atoms with E-state index in [1.54, 1.807) is 31.7 Å². The first kappa shape index (κ1) is 21.7. The maximum atomic E-state index is 13.7. The molecule has 0 aliphatic carbocycles. The van der Waals surface area contributed by atoms with E-state index < -0.39 is 17.7 Å². The summed E-state index contributed by atoms with van der Waals surface area (Å²) in [4.78, 5) is 16.6. The van der Waals surface area contributed by atoms with E-state index in [0.29, 0.717) is 28.3 Å². The molecular weight excluding hydrogens is 414 g/mol. The second kappa shape index (κ2) is 9.64. The Hall–Kier alpha value is -3.04. The topological polar surface area (TPSA) is 80.7 Å². The van der Waals surface area contributed by atoms with Crippen LogP contribution in [-0.4, -0.2) is 36.8 Å². The molecule has 30 heavy (non-hydrogen) atoms. The average molecular weight is 434 g/mol. The third kappa shape index (κ3) is 5.11. The predicted molar refractivity (Wildman–Crippen MR) is 109 cm³/mol. The number of ether oxygens (including phenoxy) is 2. The summed E-state index contributed by atoms with van der Waals surface area (Å²) in [5.41, 5.74) is 1.30. The molecule has 1 atom stereocenters. The summed E-state index contributed by atoms with van der Waals surface area (Å²) in [5, 5.41) is 15.1. The van der Waals surface area contributed by atoms with Crippen molar-refractivity contribution < 1.29 is 28.2 Å². The highest BCUT2D eigenvalue weighted by molar-refractivity contribution is 7.13. The summed E-state index contributed by atoms with van der Waals surface area (Å²) in [6.45, 7) is -0.200. The molecule has 0 fully saturated rings. The molecule has 0 aliphatic heterocycles. The van der Waals surface area contributed by atoms with Gasteiger partial charge in [-0.3, -0.25) is 4.79 Å². The van der Waals surface area contributed by atoms with Gasteiger partial charge in [0.1, 0.15) is 16.6 Å². The molecule has 0 aliphatic rings. The zero-order valence-corrected chi connectivity index (χ0v) is 17.1. The van der Waals surface area contributed by atoms with E-state index in [9.17, 15) is 18.7 Å². The number of nitrogens with one attached hydrogen (secondary N) is 1. The Labute approximate surface area is 176 Å². The lowest BCUT2D eigenvalue weighted by Crippen LogP contribution is -2.30. The molecule has 3 aromatic rings.